The maximum absolute atomic E-state index is 15.4. The molecule has 0 spiro atoms. The van der Waals surface area contributed by atoms with Crippen LogP contribution in [-0.4, -0.2) is 405 Å². The minimum Gasteiger partial charge on any atom is -0.481 e. The van der Waals surface area contributed by atoms with Gasteiger partial charge in [-0.15, -0.1) is 0 Å². The van der Waals surface area contributed by atoms with Crippen LogP contribution in [0.1, 0.15) is 177 Å². The summed E-state index contributed by atoms with van der Waals surface area (Å²) in [6.07, 6.45) is -25.5. The molecule has 0 bridgehead atoms. The van der Waals surface area contributed by atoms with E-state index in [1.54, 1.807) is 44.2 Å². The van der Waals surface area contributed by atoms with Gasteiger partial charge in [0.25, 0.3) is 0 Å². The van der Waals surface area contributed by atoms with Gasteiger partial charge >= 0.3 is 11.9 Å². The molecule has 28 N–H and O–H groups in total. The van der Waals surface area contributed by atoms with E-state index in [4.69, 9.17) is 39.0 Å². The second kappa shape index (κ2) is 61.8. The molecule has 4 aliphatic heterocycles. The zero-order valence-corrected chi connectivity index (χ0v) is 84.3. The van der Waals surface area contributed by atoms with E-state index in [0.29, 0.717) is 50.1 Å². The lowest BCUT2D eigenvalue weighted by Crippen LogP contribution is -2.69. The molecule has 0 radical (unpaired) electrons. The van der Waals surface area contributed by atoms with Gasteiger partial charge in [0.2, 0.25) is 88.6 Å². The number of benzene rings is 1. The number of H-pyrrole nitrogens is 1. The molecule has 20 unspecified atom stereocenters. The highest BCUT2D eigenvalue weighted by atomic mass is 16.7. The van der Waals surface area contributed by atoms with Crippen LogP contribution in [0.2, 0.25) is 0 Å². The highest BCUT2D eigenvalue weighted by Gasteiger charge is 2.55. The third kappa shape index (κ3) is 39.1. The van der Waals surface area contributed by atoms with Crippen molar-refractivity contribution in [2.24, 2.45) is 28.6 Å². The number of primary amides is 1. The number of aliphatic carboxylic acids is 2. The maximum atomic E-state index is 15.4. The van der Waals surface area contributed by atoms with Gasteiger partial charge in [-0.3, -0.25) is 86.3 Å². The van der Waals surface area contributed by atoms with Gasteiger partial charge in [-0.1, -0.05) is 69.6 Å². The third-order valence-corrected chi connectivity index (χ3v) is 25.0. The van der Waals surface area contributed by atoms with E-state index < -0.39 is 336 Å². The van der Waals surface area contributed by atoms with E-state index in [0.717, 1.165) is 58.8 Å². The summed E-state index contributed by atoms with van der Waals surface area (Å²) in [6, 6.07) is -12.9. The number of rotatable bonds is 62. The zero-order valence-electron chi connectivity index (χ0n) is 84.3. The van der Waals surface area contributed by atoms with E-state index in [2.05, 4.69) is 84.2 Å². The average molecular weight is 2110 g/mol. The highest BCUT2D eigenvalue weighted by Crippen LogP contribution is 2.33. The van der Waals surface area contributed by atoms with Gasteiger partial charge in [0, 0.05) is 76.3 Å². The fraction of sp³-hybridized carbons (Fsp3) is 0.699. The molecular weight excluding hydrogens is 1960 g/mol. The number of imidazole rings is 1. The van der Waals surface area contributed by atoms with Crippen LogP contribution < -0.4 is 74.9 Å². The number of Topliss-reactive ketones (excluding diaryl/α,β-unsaturated/α-hetero) is 1. The molecule has 6 rings (SSSR count). The minimum atomic E-state index is -2.31. The molecule has 0 aliphatic carbocycles. The van der Waals surface area contributed by atoms with Crippen LogP contribution in [-0.2, 0) is 132 Å². The Morgan fingerprint density at radius 2 is 1.16 bits per heavy atom. The van der Waals surface area contributed by atoms with Crippen molar-refractivity contribution >= 4 is 112 Å². The average Bonchev–Trinajstić information content (AvgIpc) is 0.774. The number of aliphatic hydroxyl groups excluding tert-OH is 10. The van der Waals surface area contributed by atoms with Crippen molar-refractivity contribution in [3.05, 3.63) is 54.1 Å². The fourth-order valence-electron chi connectivity index (χ4n) is 16.6. The maximum Gasteiger partial charge on any atom is 0.305 e. The number of ether oxygens (including phenoxy) is 6. The summed E-state index contributed by atoms with van der Waals surface area (Å²) in [4.78, 5) is 258. The van der Waals surface area contributed by atoms with Crippen molar-refractivity contribution in [2.75, 3.05) is 52.7 Å². The summed E-state index contributed by atoms with van der Waals surface area (Å²) < 4.78 is 36.2. The van der Waals surface area contributed by atoms with Crippen LogP contribution in [0.15, 0.2) is 48.0 Å². The number of carbonyl (C=O) groups is 18. The van der Waals surface area contributed by atoms with Crippen LogP contribution >= 0.6 is 0 Å². The number of carboxylic acid groups (broad SMARTS) is 2. The highest BCUT2D eigenvalue weighted by molar-refractivity contribution is 6.00. The van der Waals surface area contributed by atoms with Crippen molar-refractivity contribution in [3.8, 4) is 0 Å². The van der Waals surface area contributed by atoms with E-state index in [-0.39, 0.29) is 56.2 Å². The summed E-state index contributed by atoms with van der Waals surface area (Å²) in [7, 11) is 0. The van der Waals surface area contributed by atoms with Crippen LogP contribution in [0, 0.1) is 17.8 Å². The lowest BCUT2D eigenvalue weighted by atomic mass is 9.92. The first kappa shape index (κ1) is 125. The number of aliphatic hydroxyl groups is 10. The third-order valence-electron chi connectivity index (χ3n) is 25.0. The number of likely N-dealkylation sites (tertiary alicyclic amines) is 1. The van der Waals surface area contributed by atoms with Crippen molar-refractivity contribution < 1.29 is 181 Å². The van der Waals surface area contributed by atoms with Crippen molar-refractivity contribution in [3.63, 3.8) is 0 Å². The SMILES string of the molecule is CCC(CC(C)C(N)=O)C(=O)NCCCCCCO/N=C(\C)CCCC(=O)NC(Cc1ccccc1)C(=O)NC(CCC(=O)O)C(=O)NC(Cc1cnc[nH]1)C(=O)NCC(=O)NC(C(=O)NC(C(=O)NC(CO)C(=O)NC(C)C(=O)N1CCCC1C(=O)NC(CC(=O)O)C(=O)NC(C(C)=O)C(C)O)C(C)O[C@H]1O[C@@H](CO[C@@H]2O[C@@H](CO)[C@@H](O)C(O)C2NC(C)=O)[C@H](O)C(O[C@@H]2O[C@@H](CO)[C@H](O)C(O)C2O)C1NC(C)=O)C(C)C. The van der Waals surface area contributed by atoms with Gasteiger partial charge in [0.1, 0.15) is 140 Å². The number of amides is 15. The van der Waals surface area contributed by atoms with Crippen molar-refractivity contribution in [2.45, 2.75) is 344 Å². The van der Waals surface area contributed by atoms with Gasteiger partial charge in [-0.2, -0.15) is 0 Å². The largest absolute Gasteiger partial charge is 0.481 e. The number of aromatic nitrogens is 2. The van der Waals surface area contributed by atoms with Gasteiger partial charge in [0.05, 0.1) is 63.6 Å². The van der Waals surface area contributed by atoms with Crippen LogP contribution in [0.4, 0.5) is 0 Å². The van der Waals surface area contributed by atoms with Gasteiger partial charge < -0.3 is 179 Å². The molecule has 15 amide bonds. The molecule has 148 heavy (non-hydrogen) atoms. The molecule has 0 saturated carbocycles. The predicted octanol–water partition coefficient (Wildman–Crippen LogP) is -9.44. The monoisotopic (exact) mass is 2110 g/mol. The first-order valence-electron chi connectivity index (χ1n) is 48.9. The first-order valence-corrected chi connectivity index (χ1v) is 48.9. The summed E-state index contributed by atoms with van der Waals surface area (Å²) in [5, 5.41) is 164. The predicted molar refractivity (Wildman–Crippen MR) is 511 cm³/mol. The Morgan fingerprint density at radius 3 is 1.76 bits per heavy atom. The number of carbonyl (C=O) groups excluding carboxylic acids is 16. The Hall–Kier alpha value is -12.1. The molecule has 1 aromatic heterocycles. The van der Waals surface area contributed by atoms with Gasteiger partial charge in [0.15, 0.2) is 24.7 Å². The lowest BCUT2D eigenvalue weighted by molar-refractivity contribution is -0.352. The summed E-state index contributed by atoms with van der Waals surface area (Å²) in [5.74, 6) is -20.3. The Bertz CT molecular complexity index is 4760. The smallest absolute Gasteiger partial charge is 0.305 e. The van der Waals surface area contributed by atoms with E-state index in [1.165, 1.54) is 33.3 Å². The number of ketones is 1. The Kier molecular flexibility index (Phi) is 52.0. The fourth-order valence-corrected chi connectivity index (χ4v) is 16.6. The Morgan fingerprint density at radius 1 is 0.568 bits per heavy atom. The van der Waals surface area contributed by atoms with E-state index in [9.17, 15) is 138 Å². The second-order valence-electron chi connectivity index (χ2n) is 37.3. The summed E-state index contributed by atoms with van der Waals surface area (Å²) >= 11 is 0. The number of hydrogen-bond acceptors (Lipinski definition) is 37. The lowest BCUT2D eigenvalue weighted by Gasteiger charge is -2.48. The summed E-state index contributed by atoms with van der Waals surface area (Å²) in [5.41, 5.74) is 6.71. The molecule has 4 saturated heterocycles. The summed E-state index contributed by atoms with van der Waals surface area (Å²) in [6.45, 7) is 9.58. The number of aromatic amines is 1. The Labute approximate surface area is 852 Å². The number of hydrogen-bond donors (Lipinski definition) is 27. The number of nitrogens with zero attached hydrogens (tertiary/aromatic N) is 3. The zero-order chi connectivity index (χ0) is 110. The van der Waals surface area contributed by atoms with Crippen LogP contribution in [0.25, 0.3) is 0 Å². The molecule has 55 nitrogen and oxygen atoms in total. The number of nitrogens with one attached hydrogen (secondary N) is 14. The quantitative estimate of drug-likeness (QED) is 0.0166. The van der Waals surface area contributed by atoms with Crippen molar-refractivity contribution in [1.82, 2.24) is 84.0 Å². The normalized spacial score (nSPS) is 24.5. The number of unbranched alkanes of at least 4 members (excludes halogenated alkanes) is 3. The number of carboxylic acids is 2. The topological polar surface area (TPSA) is 841 Å². The molecule has 830 valence electrons. The Balaban J connectivity index is 1.26. The molecule has 1 aromatic carbocycles. The molecule has 29 atom stereocenters. The molecule has 5 heterocycles. The molecule has 4 fully saturated rings. The molecule has 4 aliphatic rings. The standard InChI is InChI=1S/C93H146N18O37/c1-12-53(32-44(4)80(94)131)81(132)96-29-18-13-14-19-31-143-110-45(5)22-20-26-64(119)102-56(33-52-23-16-15-17-24-52)84(135)103-55(27-28-66(121)122)83(134)104-57(34-54-36-95-42-98-54)82(133)97-37-65(120)107-68(43(2)3)88(139)109-70(89(140)106-59(38-112)86(137)99-46(6)90(141)111-30-21-25-60(111)87(138)105-58(35-67(123)124)85(136)108-69(47(7)115)48(8)116)49(9)144-92-72(101-51(11)118)79(148-93-78(130)77(129)74(126)62(40-114)146-93)75(127)63(147-92)41-142-91-71(100-50(10)117)76(128)73(125)61(39-113)145-91/h15-17,23-24,36,42-44,46-47,49,53,55-63,68-79,91-93,112-115,125-130H,12-14,18-22,25-35,37-41H2,1-11H3,(H2,94,131)(H,95,98)(H,96,132)(H,97,133)(H,99,137)(H,100,117)(H,101,118)(H,102,119)(H,103,135)(H,104,134)(H,105,138)(H,106,140)(H,107,120)(H,108,136)(H,109,139)(H,121,122)(H,123,124)/b110-45+/t44?,46?,47?,49?,53?,55?,56?,57?,58?,59?,60?,61-,62-,63-,68?,69?,70?,71?,72?,73+,74-,75-,76?,77?,78?,79?,91+,92-,93-/m0/s1. The molecular formula is C93H146N18O37. The number of oxime groups is 1. The minimum absolute atomic E-state index is 0.0924. The van der Waals surface area contributed by atoms with Gasteiger partial charge in [-0.25, -0.2) is 4.98 Å². The van der Waals surface area contributed by atoms with E-state index >= 15 is 9.59 Å². The van der Waals surface area contributed by atoms with Gasteiger partial charge in [-0.05, 0) is 110 Å². The van der Waals surface area contributed by atoms with Crippen LogP contribution in [0.5, 0.6) is 0 Å². The molecule has 2 aromatic rings. The molecule has 55 heteroatoms. The van der Waals surface area contributed by atoms with E-state index in [1.807, 2.05) is 6.92 Å². The van der Waals surface area contributed by atoms with Crippen LogP contribution in [0.3, 0.4) is 0 Å². The second-order valence-corrected chi connectivity index (χ2v) is 37.3. The first-order chi connectivity index (χ1) is 69.9. The van der Waals surface area contributed by atoms with Crippen molar-refractivity contribution in [1.29, 1.82) is 0 Å². The number of nitrogens with two attached hydrogens (primary N) is 1.